The molecule has 4 nitrogen and oxygen atoms in total. The van der Waals surface area contributed by atoms with Crippen molar-refractivity contribution in [2.24, 2.45) is 0 Å². The maximum absolute atomic E-state index is 5.77. The van der Waals surface area contributed by atoms with E-state index in [9.17, 15) is 0 Å². The van der Waals surface area contributed by atoms with Gasteiger partial charge in [-0.15, -0.1) is 0 Å². The Hall–Kier alpha value is -1.55. The molecule has 2 aromatic heterocycles. The van der Waals surface area contributed by atoms with Crippen LogP contribution in [0.25, 0.3) is 11.0 Å². The van der Waals surface area contributed by atoms with Gasteiger partial charge in [0.1, 0.15) is 5.58 Å². The van der Waals surface area contributed by atoms with Crippen LogP contribution in [0.2, 0.25) is 0 Å². The van der Waals surface area contributed by atoms with E-state index in [1.165, 1.54) is 19.3 Å². The van der Waals surface area contributed by atoms with Crippen LogP contribution in [0.5, 0.6) is 5.88 Å². The van der Waals surface area contributed by atoms with E-state index in [2.05, 4.69) is 10.3 Å². The van der Waals surface area contributed by atoms with Gasteiger partial charge in [0.2, 0.25) is 5.88 Å². The predicted molar refractivity (Wildman–Crippen MR) is 69.8 cm³/mol. The van der Waals surface area contributed by atoms with Crippen molar-refractivity contribution in [2.75, 3.05) is 13.2 Å². The monoisotopic (exact) mass is 246 g/mol. The minimum absolute atomic E-state index is 0.599. The third-order valence-electron chi connectivity index (χ3n) is 3.46. The van der Waals surface area contributed by atoms with Gasteiger partial charge in [0.25, 0.3) is 0 Å². The normalized spacial score (nSPS) is 20.1. The van der Waals surface area contributed by atoms with E-state index in [-0.39, 0.29) is 0 Å². The van der Waals surface area contributed by atoms with Crippen molar-refractivity contribution in [1.82, 2.24) is 10.3 Å². The first-order chi connectivity index (χ1) is 8.93. The summed E-state index contributed by atoms with van der Waals surface area (Å²) in [4.78, 5) is 4.26. The summed E-state index contributed by atoms with van der Waals surface area (Å²) in [6.45, 7) is 1.84. The minimum atomic E-state index is 0.599. The van der Waals surface area contributed by atoms with Gasteiger partial charge in [0.15, 0.2) is 0 Å². The van der Waals surface area contributed by atoms with E-state index in [4.69, 9.17) is 9.15 Å². The number of nitrogens with one attached hydrogen (secondary N) is 1. The fourth-order valence-corrected chi connectivity index (χ4v) is 2.45. The van der Waals surface area contributed by atoms with Crippen LogP contribution in [0.15, 0.2) is 29.0 Å². The highest BCUT2D eigenvalue weighted by molar-refractivity contribution is 5.81. The standard InChI is InChI=1S/C14H18N2O2/c1-2-7-15-11(3-1)5-9-18-14-12-6-10-17-13(12)4-8-16-14/h4,6,8,10-11,15H,1-3,5,7,9H2. The molecule has 1 N–H and O–H groups in total. The molecule has 0 spiro atoms. The molecule has 1 aliphatic rings. The Kier molecular flexibility index (Phi) is 3.46. The van der Waals surface area contributed by atoms with E-state index in [1.807, 2.05) is 12.1 Å². The molecule has 96 valence electrons. The van der Waals surface area contributed by atoms with E-state index >= 15 is 0 Å². The molecule has 0 saturated carbocycles. The second kappa shape index (κ2) is 5.40. The van der Waals surface area contributed by atoms with Gasteiger partial charge >= 0.3 is 0 Å². The second-order valence-electron chi connectivity index (χ2n) is 4.73. The van der Waals surface area contributed by atoms with Gasteiger partial charge < -0.3 is 14.5 Å². The van der Waals surface area contributed by atoms with Crippen molar-refractivity contribution in [3.8, 4) is 5.88 Å². The van der Waals surface area contributed by atoms with Crippen molar-refractivity contribution < 1.29 is 9.15 Å². The fraction of sp³-hybridized carbons (Fsp3) is 0.500. The van der Waals surface area contributed by atoms with Crippen LogP contribution in [0.3, 0.4) is 0 Å². The molecule has 3 heterocycles. The van der Waals surface area contributed by atoms with E-state index in [0.717, 1.165) is 23.9 Å². The molecule has 1 fully saturated rings. The fourth-order valence-electron chi connectivity index (χ4n) is 2.45. The number of hydrogen-bond donors (Lipinski definition) is 1. The van der Waals surface area contributed by atoms with E-state index in [0.29, 0.717) is 18.5 Å². The summed E-state index contributed by atoms with van der Waals surface area (Å²) in [6, 6.07) is 4.35. The number of aromatic nitrogens is 1. The maximum atomic E-state index is 5.77. The lowest BCUT2D eigenvalue weighted by atomic mass is 10.0. The molecule has 0 aromatic carbocycles. The lowest BCUT2D eigenvalue weighted by Gasteiger charge is -2.23. The van der Waals surface area contributed by atoms with Gasteiger partial charge in [-0.1, -0.05) is 6.42 Å². The number of hydrogen-bond acceptors (Lipinski definition) is 4. The third-order valence-corrected chi connectivity index (χ3v) is 3.46. The summed E-state index contributed by atoms with van der Waals surface area (Å²) in [6.07, 6.45) is 8.31. The molecule has 1 unspecified atom stereocenters. The van der Waals surface area contributed by atoms with E-state index in [1.54, 1.807) is 12.5 Å². The van der Waals surface area contributed by atoms with E-state index < -0.39 is 0 Å². The number of fused-ring (bicyclic) bond motifs is 1. The molecule has 0 amide bonds. The van der Waals surface area contributed by atoms with Crippen LogP contribution in [0.4, 0.5) is 0 Å². The average Bonchev–Trinajstić information content (AvgIpc) is 2.89. The lowest BCUT2D eigenvalue weighted by molar-refractivity contribution is 0.263. The molecule has 0 bridgehead atoms. The lowest BCUT2D eigenvalue weighted by Crippen LogP contribution is -2.35. The third kappa shape index (κ3) is 2.48. The van der Waals surface area contributed by atoms with Crippen LogP contribution in [0.1, 0.15) is 25.7 Å². The number of rotatable bonds is 4. The Bertz CT molecular complexity index is 503. The first-order valence-electron chi connectivity index (χ1n) is 6.62. The quantitative estimate of drug-likeness (QED) is 0.901. The molecule has 18 heavy (non-hydrogen) atoms. The average molecular weight is 246 g/mol. The zero-order valence-corrected chi connectivity index (χ0v) is 10.4. The SMILES string of the molecule is c1cc2occc2c(OCCC2CCCCN2)n1. The molecule has 2 aromatic rings. The first kappa shape index (κ1) is 11.5. The molecule has 1 saturated heterocycles. The zero-order valence-electron chi connectivity index (χ0n) is 10.4. The highest BCUT2D eigenvalue weighted by Gasteiger charge is 2.13. The van der Waals surface area contributed by atoms with Crippen molar-refractivity contribution in [1.29, 1.82) is 0 Å². The van der Waals surface area contributed by atoms with Gasteiger partial charge in [-0.05, 0) is 37.9 Å². The molecule has 1 aliphatic heterocycles. The molecule has 3 rings (SSSR count). The summed E-state index contributed by atoms with van der Waals surface area (Å²) in [5, 5.41) is 4.47. The Morgan fingerprint density at radius 1 is 1.39 bits per heavy atom. The maximum Gasteiger partial charge on any atom is 0.224 e. The Morgan fingerprint density at radius 3 is 3.28 bits per heavy atom. The van der Waals surface area contributed by atoms with Gasteiger partial charge in [-0.2, -0.15) is 0 Å². The Balaban J connectivity index is 1.57. The summed E-state index contributed by atoms with van der Waals surface area (Å²) in [7, 11) is 0. The van der Waals surface area contributed by atoms with Crippen LogP contribution in [-0.4, -0.2) is 24.2 Å². The number of furan rings is 1. The number of nitrogens with zero attached hydrogens (tertiary/aromatic N) is 1. The smallest absolute Gasteiger partial charge is 0.224 e. The molecule has 4 heteroatoms. The molecule has 0 radical (unpaired) electrons. The van der Waals surface area contributed by atoms with Crippen molar-refractivity contribution in [3.63, 3.8) is 0 Å². The van der Waals surface area contributed by atoms with Crippen molar-refractivity contribution in [3.05, 3.63) is 24.6 Å². The van der Waals surface area contributed by atoms with Gasteiger partial charge in [0.05, 0.1) is 18.3 Å². The van der Waals surface area contributed by atoms with Gasteiger partial charge in [-0.3, -0.25) is 0 Å². The minimum Gasteiger partial charge on any atom is -0.477 e. The van der Waals surface area contributed by atoms with Crippen molar-refractivity contribution >= 4 is 11.0 Å². The predicted octanol–water partition coefficient (Wildman–Crippen LogP) is 2.74. The summed E-state index contributed by atoms with van der Waals surface area (Å²) in [5.41, 5.74) is 0.829. The largest absolute Gasteiger partial charge is 0.477 e. The molecular weight excluding hydrogens is 228 g/mol. The number of pyridine rings is 1. The zero-order chi connectivity index (χ0) is 12.2. The molecular formula is C14H18N2O2. The van der Waals surface area contributed by atoms with Gasteiger partial charge in [0, 0.05) is 12.2 Å². The van der Waals surface area contributed by atoms with Crippen molar-refractivity contribution in [2.45, 2.75) is 31.7 Å². The highest BCUT2D eigenvalue weighted by atomic mass is 16.5. The Labute approximate surface area is 106 Å². The van der Waals surface area contributed by atoms with Crippen LogP contribution >= 0.6 is 0 Å². The van der Waals surface area contributed by atoms with Crippen LogP contribution in [-0.2, 0) is 0 Å². The van der Waals surface area contributed by atoms with Crippen LogP contribution in [0, 0.1) is 0 Å². The first-order valence-corrected chi connectivity index (χ1v) is 6.62. The second-order valence-corrected chi connectivity index (χ2v) is 4.73. The molecule has 1 atom stereocenters. The topological polar surface area (TPSA) is 47.3 Å². The summed E-state index contributed by atoms with van der Waals surface area (Å²) >= 11 is 0. The summed E-state index contributed by atoms with van der Waals surface area (Å²) < 4.78 is 11.1. The number of ether oxygens (including phenoxy) is 1. The molecule has 0 aliphatic carbocycles. The summed E-state index contributed by atoms with van der Waals surface area (Å²) in [5.74, 6) is 0.678. The van der Waals surface area contributed by atoms with Crippen LogP contribution < -0.4 is 10.1 Å². The number of piperidine rings is 1. The highest BCUT2D eigenvalue weighted by Crippen LogP contribution is 2.23. The Morgan fingerprint density at radius 2 is 2.39 bits per heavy atom. The van der Waals surface area contributed by atoms with Gasteiger partial charge in [-0.25, -0.2) is 4.98 Å².